The average Bonchev–Trinajstić information content (AvgIpc) is 2.72. The molecule has 7 nitrogen and oxygen atoms in total. The van der Waals surface area contributed by atoms with E-state index in [-0.39, 0.29) is 12.3 Å². The zero-order valence-electron chi connectivity index (χ0n) is 11.8. The Kier molecular flexibility index (Phi) is 5.24. The number of aliphatic hydroxyl groups is 1. The lowest BCUT2D eigenvalue weighted by atomic mass is 10.1. The van der Waals surface area contributed by atoms with Crippen LogP contribution in [-0.4, -0.2) is 60.5 Å². The monoisotopic (exact) mass is 293 g/mol. The number of hydrogen-bond acceptors (Lipinski definition) is 6. The van der Waals surface area contributed by atoms with Crippen molar-refractivity contribution < 1.29 is 14.8 Å². The second kappa shape index (κ2) is 7.14. The van der Waals surface area contributed by atoms with E-state index in [0.29, 0.717) is 18.4 Å². The molecule has 1 fully saturated rings. The molecule has 1 aliphatic rings. The number of aldehydes is 1. The minimum atomic E-state index is -0.498. The van der Waals surface area contributed by atoms with Crippen molar-refractivity contribution in [2.24, 2.45) is 0 Å². The zero-order chi connectivity index (χ0) is 15.2. The molecule has 1 saturated heterocycles. The minimum Gasteiger partial charge on any atom is -0.395 e. The summed E-state index contributed by atoms with van der Waals surface area (Å²) < 4.78 is 0. The predicted molar refractivity (Wildman–Crippen MR) is 78.8 cm³/mol. The Morgan fingerprint density at radius 2 is 2.10 bits per heavy atom. The number of carbonyl (C=O) groups excluding carboxylic acids is 1. The van der Waals surface area contributed by atoms with E-state index in [2.05, 4.69) is 9.80 Å². The third-order valence-corrected chi connectivity index (χ3v) is 3.69. The van der Waals surface area contributed by atoms with Crippen molar-refractivity contribution in [3.8, 4) is 0 Å². The average molecular weight is 293 g/mol. The van der Waals surface area contributed by atoms with Crippen LogP contribution >= 0.6 is 0 Å². The highest BCUT2D eigenvalue weighted by Crippen LogP contribution is 2.25. The van der Waals surface area contributed by atoms with E-state index < -0.39 is 4.92 Å². The molecule has 0 amide bonds. The number of benzene rings is 1. The summed E-state index contributed by atoms with van der Waals surface area (Å²) in [7, 11) is 0. The summed E-state index contributed by atoms with van der Waals surface area (Å²) in [6.45, 7) is 4.02. The predicted octanol–water partition coefficient (Wildman–Crippen LogP) is 0.912. The van der Waals surface area contributed by atoms with E-state index in [9.17, 15) is 14.9 Å². The van der Waals surface area contributed by atoms with E-state index >= 15 is 0 Å². The number of nitro benzene ring substituents is 1. The van der Waals surface area contributed by atoms with Crippen LogP contribution in [-0.2, 0) is 0 Å². The van der Waals surface area contributed by atoms with Crippen LogP contribution in [0.5, 0.6) is 0 Å². The van der Waals surface area contributed by atoms with Crippen molar-refractivity contribution in [3.63, 3.8) is 0 Å². The Bertz CT molecular complexity index is 521. The van der Waals surface area contributed by atoms with Gasteiger partial charge in [0.25, 0.3) is 5.69 Å². The van der Waals surface area contributed by atoms with Gasteiger partial charge in [0.2, 0.25) is 0 Å². The number of hydrogen-bond donors (Lipinski definition) is 1. The van der Waals surface area contributed by atoms with Gasteiger partial charge in [0.05, 0.1) is 11.5 Å². The summed E-state index contributed by atoms with van der Waals surface area (Å²) in [6, 6.07) is 4.39. The van der Waals surface area contributed by atoms with Gasteiger partial charge in [0.1, 0.15) is 0 Å². The van der Waals surface area contributed by atoms with Crippen LogP contribution in [0.25, 0.3) is 0 Å². The van der Waals surface area contributed by atoms with E-state index in [1.807, 2.05) is 0 Å². The summed E-state index contributed by atoms with van der Waals surface area (Å²) in [6.07, 6.45) is 1.59. The van der Waals surface area contributed by atoms with Gasteiger partial charge in [-0.25, -0.2) is 0 Å². The van der Waals surface area contributed by atoms with E-state index in [1.165, 1.54) is 12.1 Å². The maximum Gasteiger partial charge on any atom is 0.270 e. The van der Waals surface area contributed by atoms with Crippen LogP contribution in [0, 0.1) is 10.1 Å². The third kappa shape index (κ3) is 3.77. The van der Waals surface area contributed by atoms with Gasteiger partial charge in [-0.15, -0.1) is 0 Å². The summed E-state index contributed by atoms with van der Waals surface area (Å²) in [5.41, 5.74) is 1.01. The fourth-order valence-electron chi connectivity index (χ4n) is 2.61. The molecule has 1 aliphatic heterocycles. The first-order valence-electron chi connectivity index (χ1n) is 6.97. The molecule has 114 valence electrons. The number of nitro groups is 1. The van der Waals surface area contributed by atoms with E-state index in [1.54, 1.807) is 6.07 Å². The van der Waals surface area contributed by atoms with Gasteiger partial charge in [-0.1, -0.05) is 0 Å². The second-order valence-electron chi connectivity index (χ2n) is 5.02. The van der Waals surface area contributed by atoms with E-state index in [4.69, 9.17) is 5.11 Å². The smallest absolute Gasteiger partial charge is 0.270 e. The zero-order valence-corrected chi connectivity index (χ0v) is 11.8. The summed E-state index contributed by atoms with van der Waals surface area (Å²) >= 11 is 0. The minimum absolute atomic E-state index is 0.0717. The topological polar surface area (TPSA) is 86.9 Å². The van der Waals surface area contributed by atoms with Crippen LogP contribution in [0.3, 0.4) is 0 Å². The molecule has 2 rings (SSSR count). The molecule has 1 aromatic rings. The van der Waals surface area contributed by atoms with Gasteiger partial charge in [-0.2, -0.15) is 0 Å². The van der Waals surface area contributed by atoms with Gasteiger partial charge in [0, 0.05) is 49.6 Å². The molecule has 0 bridgehead atoms. The normalized spacial score (nSPS) is 16.5. The molecular weight excluding hydrogens is 274 g/mol. The Labute approximate surface area is 122 Å². The molecule has 0 unspecified atom stereocenters. The van der Waals surface area contributed by atoms with Crippen LogP contribution in [0.2, 0.25) is 0 Å². The molecule has 0 saturated carbocycles. The molecule has 1 N–H and O–H groups in total. The highest BCUT2D eigenvalue weighted by Gasteiger charge is 2.19. The van der Waals surface area contributed by atoms with Crippen molar-refractivity contribution in [2.75, 3.05) is 44.2 Å². The summed E-state index contributed by atoms with van der Waals surface area (Å²) in [5, 5.41) is 19.8. The Hall–Kier alpha value is -1.99. The van der Waals surface area contributed by atoms with Crippen LogP contribution in [0.4, 0.5) is 11.4 Å². The van der Waals surface area contributed by atoms with Gasteiger partial charge in [-0.05, 0) is 19.0 Å². The van der Waals surface area contributed by atoms with Gasteiger partial charge in [-0.3, -0.25) is 19.8 Å². The van der Waals surface area contributed by atoms with Gasteiger partial charge >= 0.3 is 0 Å². The van der Waals surface area contributed by atoms with Crippen LogP contribution in [0.15, 0.2) is 18.2 Å². The molecule has 0 radical (unpaired) electrons. The molecule has 0 spiro atoms. The van der Waals surface area contributed by atoms with Crippen LogP contribution < -0.4 is 4.90 Å². The maximum absolute atomic E-state index is 11.2. The third-order valence-electron chi connectivity index (χ3n) is 3.69. The Morgan fingerprint density at radius 1 is 1.29 bits per heavy atom. The number of carbonyl (C=O) groups is 1. The number of nitrogens with zero attached hydrogens (tertiary/aromatic N) is 3. The molecule has 0 aliphatic carbocycles. The standard InChI is InChI=1S/C14H19N3O4/c18-9-8-15-4-1-5-16(7-6-15)14-3-2-13(17(20)21)10-12(14)11-19/h2-3,10-11,18H,1,4-9H2. The summed E-state index contributed by atoms with van der Waals surface area (Å²) in [4.78, 5) is 25.7. The molecule has 1 aromatic carbocycles. The van der Waals surface area contributed by atoms with E-state index in [0.717, 1.165) is 38.3 Å². The van der Waals surface area contributed by atoms with Crippen LogP contribution in [0.1, 0.15) is 16.8 Å². The largest absolute Gasteiger partial charge is 0.395 e. The lowest BCUT2D eigenvalue weighted by molar-refractivity contribution is -0.384. The lowest BCUT2D eigenvalue weighted by Gasteiger charge is -2.24. The first kappa shape index (κ1) is 15.4. The molecule has 0 aromatic heterocycles. The molecular formula is C14H19N3O4. The maximum atomic E-state index is 11.2. The highest BCUT2D eigenvalue weighted by atomic mass is 16.6. The Morgan fingerprint density at radius 3 is 2.76 bits per heavy atom. The quantitative estimate of drug-likeness (QED) is 0.493. The number of rotatable bonds is 5. The molecule has 21 heavy (non-hydrogen) atoms. The van der Waals surface area contributed by atoms with Crippen molar-refractivity contribution in [2.45, 2.75) is 6.42 Å². The number of aliphatic hydroxyl groups excluding tert-OH is 1. The molecule has 1 heterocycles. The Balaban J connectivity index is 2.17. The fraction of sp³-hybridized carbons (Fsp3) is 0.500. The van der Waals surface area contributed by atoms with Crippen molar-refractivity contribution in [3.05, 3.63) is 33.9 Å². The number of non-ortho nitro benzene ring substituents is 1. The van der Waals surface area contributed by atoms with Crippen molar-refractivity contribution in [1.29, 1.82) is 0 Å². The summed E-state index contributed by atoms with van der Waals surface area (Å²) in [5.74, 6) is 0. The fourth-order valence-corrected chi connectivity index (χ4v) is 2.61. The van der Waals surface area contributed by atoms with Gasteiger partial charge < -0.3 is 10.0 Å². The first-order chi connectivity index (χ1) is 10.2. The number of anilines is 1. The van der Waals surface area contributed by atoms with Gasteiger partial charge in [0.15, 0.2) is 6.29 Å². The lowest BCUT2D eigenvalue weighted by Crippen LogP contribution is -2.32. The first-order valence-corrected chi connectivity index (χ1v) is 6.97. The molecule has 7 heteroatoms. The van der Waals surface area contributed by atoms with Crippen molar-refractivity contribution in [1.82, 2.24) is 4.90 Å². The SMILES string of the molecule is O=Cc1cc([N+](=O)[O-])ccc1N1CCCN(CCO)CC1. The number of β-amino-alcohol motifs (C(OH)–C–C–N with tert-alkyl or cyclic N) is 1. The molecule has 0 atom stereocenters. The second-order valence-corrected chi connectivity index (χ2v) is 5.02. The van der Waals surface area contributed by atoms with Crippen molar-refractivity contribution >= 4 is 17.7 Å². The highest BCUT2D eigenvalue weighted by molar-refractivity contribution is 5.86.